The molecule has 1 N–H and O–H groups in total. The predicted molar refractivity (Wildman–Crippen MR) is 94.3 cm³/mol. The molecular formula is C18H14ClFN2O2S. The lowest BCUT2D eigenvalue weighted by molar-refractivity contribution is 0.569. The summed E-state index contributed by atoms with van der Waals surface area (Å²) in [7, 11) is -3.99. The summed E-state index contributed by atoms with van der Waals surface area (Å²) in [5.74, 6) is -0.603. The van der Waals surface area contributed by atoms with Crippen LogP contribution in [0.15, 0.2) is 77.8 Å². The standard InChI is InChI=1S/C18H14ClFN2O2S/c19-15-12-14(20)9-10-17(15)25(23,24)22-18(13-6-2-1-3-7-13)16-8-4-5-11-21-16/h1-12,18,22H. The van der Waals surface area contributed by atoms with Gasteiger partial charge in [0.15, 0.2) is 0 Å². The Morgan fingerprint density at radius 1 is 1.00 bits per heavy atom. The van der Waals surface area contributed by atoms with Gasteiger partial charge in [-0.2, -0.15) is 4.72 Å². The Morgan fingerprint density at radius 2 is 1.72 bits per heavy atom. The van der Waals surface area contributed by atoms with E-state index >= 15 is 0 Å². The van der Waals surface area contributed by atoms with E-state index in [9.17, 15) is 12.8 Å². The Bertz CT molecular complexity index is 927. The van der Waals surface area contributed by atoms with Crippen molar-refractivity contribution in [1.29, 1.82) is 0 Å². The largest absolute Gasteiger partial charge is 0.259 e. The first-order valence-corrected chi connectivity index (χ1v) is 9.27. The third-order valence-corrected chi connectivity index (χ3v) is 5.48. The highest BCUT2D eigenvalue weighted by atomic mass is 35.5. The summed E-state index contributed by atoms with van der Waals surface area (Å²) in [6, 6.07) is 16.8. The van der Waals surface area contributed by atoms with Crippen LogP contribution in [0.1, 0.15) is 17.3 Å². The average molecular weight is 377 g/mol. The molecule has 0 fully saturated rings. The number of nitrogens with zero attached hydrogens (tertiary/aromatic N) is 1. The second-order valence-electron chi connectivity index (χ2n) is 5.29. The number of nitrogens with one attached hydrogen (secondary N) is 1. The van der Waals surface area contributed by atoms with Crippen LogP contribution < -0.4 is 4.72 Å². The topological polar surface area (TPSA) is 59.1 Å². The lowest BCUT2D eigenvalue weighted by Crippen LogP contribution is -2.30. The van der Waals surface area contributed by atoms with E-state index < -0.39 is 21.9 Å². The third kappa shape index (κ3) is 4.04. The molecule has 0 aliphatic rings. The van der Waals surface area contributed by atoms with Crippen molar-refractivity contribution in [3.8, 4) is 0 Å². The molecule has 0 saturated carbocycles. The van der Waals surface area contributed by atoms with Crippen LogP contribution in [0.5, 0.6) is 0 Å². The van der Waals surface area contributed by atoms with Gasteiger partial charge in [0, 0.05) is 6.20 Å². The van der Waals surface area contributed by atoms with Crippen molar-refractivity contribution in [2.75, 3.05) is 0 Å². The van der Waals surface area contributed by atoms with E-state index in [1.165, 1.54) is 0 Å². The summed E-state index contributed by atoms with van der Waals surface area (Å²) < 4.78 is 41.4. The van der Waals surface area contributed by atoms with E-state index in [1.807, 2.05) is 18.2 Å². The van der Waals surface area contributed by atoms with Gasteiger partial charge in [0.1, 0.15) is 10.7 Å². The van der Waals surface area contributed by atoms with Crippen molar-refractivity contribution in [1.82, 2.24) is 9.71 Å². The van der Waals surface area contributed by atoms with Crippen LogP contribution in [-0.4, -0.2) is 13.4 Å². The fraction of sp³-hybridized carbons (Fsp3) is 0.0556. The average Bonchev–Trinajstić information content (AvgIpc) is 2.61. The number of benzene rings is 2. The first-order chi connectivity index (χ1) is 12.0. The lowest BCUT2D eigenvalue weighted by Gasteiger charge is -2.19. The van der Waals surface area contributed by atoms with E-state index in [4.69, 9.17) is 11.6 Å². The molecule has 0 aliphatic carbocycles. The zero-order valence-electron chi connectivity index (χ0n) is 12.9. The Balaban J connectivity index is 2.03. The smallest absolute Gasteiger partial charge is 0.242 e. The maximum Gasteiger partial charge on any atom is 0.242 e. The van der Waals surface area contributed by atoms with Gasteiger partial charge < -0.3 is 0 Å². The maximum atomic E-state index is 13.2. The van der Waals surface area contributed by atoms with E-state index in [1.54, 1.807) is 36.5 Å². The number of hydrogen-bond donors (Lipinski definition) is 1. The van der Waals surface area contributed by atoms with Crippen molar-refractivity contribution in [2.45, 2.75) is 10.9 Å². The van der Waals surface area contributed by atoms with Crippen molar-refractivity contribution >= 4 is 21.6 Å². The van der Waals surface area contributed by atoms with Gasteiger partial charge in [0.05, 0.1) is 16.8 Å². The zero-order chi connectivity index (χ0) is 17.9. The van der Waals surface area contributed by atoms with Crippen LogP contribution in [0.3, 0.4) is 0 Å². The molecule has 0 radical (unpaired) electrons. The highest BCUT2D eigenvalue weighted by Gasteiger charge is 2.25. The van der Waals surface area contributed by atoms with Crippen molar-refractivity contribution in [3.05, 3.63) is 95.0 Å². The second-order valence-corrected chi connectivity index (χ2v) is 7.38. The maximum absolute atomic E-state index is 13.2. The molecule has 0 saturated heterocycles. The third-order valence-electron chi connectivity index (χ3n) is 3.57. The normalized spacial score (nSPS) is 12.7. The van der Waals surface area contributed by atoms with E-state index in [0.29, 0.717) is 5.69 Å². The summed E-state index contributed by atoms with van der Waals surface area (Å²) in [4.78, 5) is 4.06. The molecule has 25 heavy (non-hydrogen) atoms. The molecule has 0 amide bonds. The van der Waals surface area contributed by atoms with Crippen LogP contribution in [0.25, 0.3) is 0 Å². The summed E-state index contributed by atoms with van der Waals surface area (Å²) in [5.41, 5.74) is 1.26. The summed E-state index contributed by atoms with van der Waals surface area (Å²) in [5, 5.41) is -0.180. The monoisotopic (exact) mass is 376 g/mol. The predicted octanol–water partition coefficient (Wildman–Crippen LogP) is 3.94. The Kier molecular flexibility index (Phi) is 5.13. The van der Waals surface area contributed by atoms with Gasteiger partial charge in [-0.1, -0.05) is 48.0 Å². The molecule has 0 aliphatic heterocycles. The van der Waals surface area contributed by atoms with E-state index in [0.717, 1.165) is 23.8 Å². The molecule has 0 spiro atoms. The molecule has 3 rings (SSSR count). The number of pyridine rings is 1. The van der Waals surface area contributed by atoms with Gasteiger partial charge in [-0.25, -0.2) is 12.8 Å². The minimum absolute atomic E-state index is 0.180. The molecule has 1 aromatic heterocycles. The quantitative estimate of drug-likeness (QED) is 0.733. The minimum Gasteiger partial charge on any atom is -0.259 e. The van der Waals surface area contributed by atoms with Crippen LogP contribution >= 0.6 is 11.6 Å². The molecule has 0 bridgehead atoms. The molecule has 7 heteroatoms. The van der Waals surface area contributed by atoms with Crippen LogP contribution in [0.4, 0.5) is 4.39 Å². The van der Waals surface area contributed by atoms with Gasteiger partial charge in [0.25, 0.3) is 0 Å². The molecule has 1 unspecified atom stereocenters. The van der Waals surface area contributed by atoms with Crippen molar-refractivity contribution in [2.24, 2.45) is 0 Å². The van der Waals surface area contributed by atoms with Crippen molar-refractivity contribution in [3.63, 3.8) is 0 Å². The number of rotatable bonds is 5. The van der Waals surface area contributed by atoms with Crippen LogP contribution in [-0.2, 0) is 10.0 Å². The number of halogens is 2. The van der Waals surface area contributed by atoms with Gasteiger partial charge in [-0.3, -0.25) is 4.98 Å². The fourth-order valence-corrected chi connectivity index (χ4v) is 4.13. The van der Waals surface area contributed by atoms with Crippen molar-refractivity contribution < 1.29 is 12.8 Å². The first-order valence-electron chi connectivity index (χ1n) is 7.40. The molecule has 2 aromatic carbocycles. The Hall–Kier alpha value is -2.28. The summed E-state index contributed by atoms with van der Waals surface area (Å²) in [6.45, 7) is 0. The zero-order valence-corrected chi connectivity index (χ0v) is 14.5. The van der Waals surface area contributed by atoms with Gasteiger partial charge in [0.2, 0.25) is 10.0 Å². The van der Waals surface area contributed by atoms with Gasteiger partial charge in [-0.05, 0) is 35.9 Å². The molecular weight excluding hydrogens is 363 g/mol. The SMILES string of the molecule is O=S(=O)(NC(c1ccccc1)c1ccccn1)c1ccc(F)cc1Cl. The highest BCUT2D eigenvalue weighted by Crippen LogP contribution is 2.26. The number of aromatic nitrogens is 1. The second kappa shape index (κ2) is 7.31. The van der Waals surface area contributed by atoms with E-state index in [-0.39, 0.29) is 9.92 Å². The van der Waals surface area contributed by atoms with E-state index in [2.05, 4.69) is 9.71 Å². The Labute approximate surface area is 150 Å². The van der Waals surface area contributed by atoms with Gasteiger partial charge in [-0.15, -0.1) is 0 Å². The molecule has 1 heterocycles. The van der Waals surface area contributed by atoms with Gasteiger partial charge >= 0.3 is 0 Å². The minimum atomic E-state index is -3.99. The van der Waals surface area contributed by atoms with Crippen LogP contribution in [0.2, 0.25) is 5.02 Å². The number of hydrogen-bond acceptors (Lipinski definition) is 3. The Morgan fingerprint density at radius 3 is 2.36 bits per heavy atom. The highest BCUT2D eigenvalue weighted by molar-refractivity contribution is 7.89. The first kappa shape index (κ1) is 17.5. The number of sulfonamides is 1. The molecule has 4 nitrogen and oxygen atoms in total. The summed E-state index contributed by atoms with van der Waals surface area (Å²) in [6.07, 6.45) is 1.59. The molecule has 1 atom stereocenters. The van der Waals surface area contributed by atoms with Crippen LogP contribution in [0, 0.1) is 5.82 Å². The molecule has 128 valence electrons. The molecule has 3 aromatic rings. The fourth-order valence-electron chi connectivity index (χ4n) is 2.40. The summed E-state index contributed by atoms with van der Waals surface area (Å²) >= 11 is 5.91. The lowest BCUT2D eigenvalue weighted by atomic mass is 10.0.